The van der Waals surface area contributed by atoms with Crippen molar-refractivity contribution in [2.75, 3.05) is 19.6 Å². The van der Waals surface area contributed by atoms with E-state index >= 15 is 0 Å². The van der Waals surface area contributed by atoms with Gasteiger partial charge in [0.25, 0.3) is 0 Å². The minimum Gasteiger partial charge on any atom is -0.294 e. The molecule has 2 aliphatic rings. The van der Waals surface area contributed by atoms with Gasteiger partial charge in [-0.3, -0.25) is 4.90 Å². The highest BCUT2D eigenvalue weighted by molar-refractivity contribution is 7.90. The summed E-state index contributed by atoms with van der Waals surface area (Å²) in [5.41, 5.74) is 0. The zero-order chi connectivity index (χ0) is 14.8. The fraction of sp³-hybridized carbons (Fsp3) is 1.00. The van der Waals surface area contributed by atoms with Crippen LogP contribution >= 0.6 is 0 Å². The first-order valence-corrected chi connectivity index (χ1v) is 8.61. The topological polar surface area (TPSA) is 49.4 Å². The van der Waals surface area contributed by atoms with Gasteiger partial charge in [-0.1, -0.05) is 12.8 Å². The third kappa shape index (κ3) is 4.60. The first-order valence-electron chi connectivity index (χ1n) is 7.06. The molecule has 2 fully saturated rings. The highest BCUT2D eigenvalue weighted by Gasteiger charge is 2.37. The third-order valence-electron chi connectivity index (χ3n) is 3.99. The zero-order valence-corrected chi connectivity index (χ0v) is 12.1. The highest BCUT2D eigenvalue weighted by atomic mass is 32.2. The summed E-state index contributed by atoms with van der Waals surface area (Å²) in [6, 6.07) is -0.0296. The fourth-order valence-corrected chi connectivity index (χ4v) is 4.81. The smallest absolute Gasteiger partial charge is 0.294 e. The Morgan fingerprint density at radius 2 is 1.75 bits per heavy atom. The molecular weight excluding hydrogens is 293 g/mol. The van der Waals surface area contributed by atoms with E-state index in [0.29, 0.717) is 19.4 Å². The van der Waals surface area contributed by atoms with Gasteiger partial charge in [-0.2, -0.15) is 13.2 Å². The maximum absolute atomic E-state index is 12.4. The molecule has 0 amide bonds. The lowest BCUT2D eigenvalue weighted by atomic mass is 10.1. The van der Waals surface area contributed by atoms with Gasteiger partial charge in [0.1, 0.15) is 0 Å². The summed E-state index contributed by atoms with van der Waals surface area (Å²) >= 11 is 0. The van der Waals surface area contributed by atoms with Crippen molar-refractivity contribution in [2.24, 2.45) is 0 Å². The van der Waals surface area contributed by atoms with Crippen LogP contribution in [0.5, 0.6) is 0 Å². The summed E-state index contributed by atoms with van der Waals surface area (Å²) in [5.74, 6) is 0. The lowest BCUT2D eigenvalue weighted by molar-refractivity contribution is -0.147. The molecule has 118 valence electrons. The number of sulfonamides is 1. The second-order valence-electron chi connectivity index (χ2n) is 5.76. The highest BCUT2D eigenvalue weighted by Crippen LogP contribution is 2.24. The van der Waals surface area contributed by atoms with E-state index in [1.165, 1.54) is 4.90 Å². The lowest BCUT2D eigenvalue weighted by Gasteiger charge is -2.33. The molecule has 0 aromatic carbocycles. The van der Waals surface area contributed by atoms with Crippen LogP contribution in [0.25, 0.3) is 0 Å². The van der Waals surface area contributed by atoms with Gasteiger partial charge in [0.2, 0.25) is 10.0 Å². The Morgan fingerprint density at radius 1 is 1.10 bits per heavy atom. The summed E-state index contributed by atoms with van der Waals surface area (Å²) in [5, 5.41) is -0.723. The summed E-state index contributed by atoms with van der Waals surface area (Å²) in [7, 11) is -3.51. The van der Waals surface area contributed by atoms with Crippen molar-refractivity contribution in [3.05, 3.63) is 0 Å². The van der Waals surface area contributed by atoms with Crippen LogP contribution in [-0.2, 0) is 10.0 Å². The number of nitrogens with one attached hydrogen (secondary N) is 1. The number of halogens is 3. The van der Waals surface area contributed by atoms with Crippen molar-refractivity contribution in [3.63, 3.8) is 0 Å². The molecule has 1 saturated carbocycles. The average Bonchev–Trinajstić information content (AvgIpc) is 2.79. The molecule has 0 aromatic heterocycles. The Bertz CT molecular complexity index is 419. The Kier molecular flexibility index (Phi) is 4.96. The van der Waals surface area contributed by atoms with E-state index < -0.39 is 28.0 Å². The van der Waals surface area contributed by atoms with Gasteiger partial charge in [0.05, 0.1) is 11.8 Å². The molecule has 8 heteroatoms. The molecule has 1 N–H and O–H groups in total. The average molecular weight is 314 g/mol. The van der Waals surface area contributed by atoms with Crippen molar-refractivity contribution >= 4 is 10.0 Å². The molecule has 20 heavy (non-hydrogen) atoms. The van der Waals surface area contributed by atoms with Crippen LogP contribution in [0.1, 0.15) is 38.5 Å². The molecule has 0 unspecified atom stereocenters. The molecule has 1 saturated heterocycles. The number of nitrogens with zero attached hydrogens (tertiary/aromatic N) is 1. The fourth-order valence-electron chi connectivity index (χ4n) is 3.04. The van der Waals surface area contributed by atoms with E-state index in [0.717, 1.165) is 25.7 Å². The van der Waals surface area contributed by atoms with Crippen LogP contribution < -0.4 is 4.72 Å². The van der Waals surface area contributed by atoms with Gasteiger partial charge in [-0.05, 0) is 32.2 Å². The minimum atomic E-state index is -4.27. The number of hydrogen-bond donors (Lipinski definition) is 1. The normalized spacial score (nSPS) is 27.1. The van der Waals surface area contributed by atoms with E-state index in [9.17, 15) is 21.6 Å². The van der Waals surface area contributed by atoms with Crippen molar-refractivity contribution in [1.29, 1.82) is 0 Å². The number of alkyl halides is 3. The molecule has 1 heterocycles. The lowest BCUT2D eigenvalue weighted by Crippen LogP contribution is -2.50. The van der Waals surface area contributed by atoms with E-state index in [1.54, 1.807) is 0 Å². The SMILES string of the molecule is O=S(=O)(NC1CCCC1)[C@H]1CCCN(CC(F)(F)F)C1. The largest absolute Gasteiger partial charge is 0.401 e. The van der Waals surface area contributed by atoms with Crippen LogP contribution in [0.15, 0.2) is 0 Å². The molecule has 0 bridgehead atoms. The quantitative estimate of drug-likeness (QED) is 0.862. The summed E-state index contributed by atoms with van der Waals surface area (Å²) in [6.45, 7) is -0.737. The number of rotatable bonds is 4. The zero-order valence-electron chi connectivity index (χ0n) is 11.3. The standard InChI is InChI=1S/C12H21F3N2O2S/c13-12(14,15)9-17-7-3-6-11(8-17)20(18,19)16-10-4-1-2-5-10/h10-11,16H,1-9H2/t11-/m0/s1. The minimum absolute atomic E-state index is 0.0262. The van der Waals surface area contributed by atoms with E-state index in [-0.39, 0.29) is 12.6 Å². The Hall–Kier alpha value is -0.340. The number of likely N-dealkylation sites (tertiary alicyclic amines) is 1. The van der Waals surface area contributed by atoms with Crippen LogP contribution in [0, 0.1) is 0 Å². The van der Waals surface area contributed by atoms with Crippen LogP contribution in [0.4, 0.5) is 13.2 Å². The maximum atomic E-state index is 12.4. The van der Waals surface area contributed by atoms with E-state index in [1.807, 2.05) is 0 Å². The van der Waals surface area contributed by atoms with Crippen LogP contribution in [0.3, 0.4) is 0 Å². The first kappa shape index (κ1) is 16.0. The molecule has 0 spiro atoms. The van der Waals surface area contributed by atoms with Gasteiger partial charge in [0, 0.05) is 12.6 Å². The summed E-state index contributed by atoms with van der Waals surface area (Å²) in [6.07, 6.45) is 0.347. The molecule has 1 atom stereocenters. The molecule has 2 rings (SSSR count). The monoisotopic (exact) mass is 314 g/mol. The van der Waals surface area contributed by atoms with Gasteiger partial charge in [-0.25, -0.2) is 13.1 Å². The van der Waals surface area contributed by atoms with Gasteiger partial charge >= 0.3 is 6.18 Å². The summed E-state index contributed by atoms with van der Waals surface area (Å²) < 4.78 is 64.3. The van der Waals surface area contributed by atoms with Crippen molar-refractivity contribution in [2.45, 2.75) is 56.0 Å². The molecule has 1 aliphatic carbocycles. The summed E-state index contributed by atoms with van der Waals surface area (Å²) in [4.78, 5) is 1.20. The van der Waals surface area contributed by atoms with E-state index in [4.69, 9.17) is 0 Å². The van der Waals surface area contributed by atoms with E-state index in [2.05, 4.69) is 4.72 Å². The maximum Gasteiger partial charge on any atom is 0.401 e. The first-order chi connectivity index (χ1) is 9.26. The van der Waals surface area contributed by atoms with Gasteiger partial charge in [-0.15, -0.1) is 0 Å². The van der Waals surface area contributed by atoms with Gasteiger partial charge in [0.15, 0.2) is 0 Å². The van der Waals surface area contributed by atoms with Crippen LogP contribution in [-0.4, -0.2) is 50.4 Å². The molecule has 4 nitrogen and oxygen atoms in total. The predicted molar refractivity (Wildman–Crippen MR) is 69.8 cm³/mol. The molecule has 0 radical (unpaired) electrons. The second kappa shape index (κ2) is 6.19. The van der Waals surface area contributed by atoms with Crippen LogP contribution in [0.2, 0.25) is 0 Å². The Morgan fingerprint density at radius 3 is 2.35 bits per heavy atom. The Labute approximate surface area is 117 Å². The molecular formula is C12H21F3N2O2S. The number of piperidine rings is 1. The van der Waals surface area contributed by atoms with Gasteiger partial charge < -0.3 is 0 Å². The third-order valence-corrected chi connectivity index (χ3v) is 5.91. The second-order valence-corrected chi connectivity index (χ2v) is 7.75. The van der Waals surface area contributed by atoms with Crippen molar-refractivity contribution < 1.29 is 21.6 Å². The molecule has 0 aromatic rings. The molecule has 1 aliphatic heterocycles. The van der Waals surface area contributed by atoms with Crippen molar-refractivity contribution in [3.8, 4) is 0 Å². The number of hydrogen-bond acceptors (Lipinski definition) is 3. The predicted octanol–water partition coefficient (Wildman–Crippen LogP) is 1.88. The Balaban J connectivity index is 1.93. The van der Waals surface area contributed by atoms with Crippen molar-refractivity contribution in [1.82, 2.24) is 9.62 Å².